The van der Waals surface area contributed by atoms with Crippen molar-refractivity contribution < 1.29 is 14.3 Å². The largest absolute Gasteiger partial charge is 0.459 e. The molecule has 1 aliphatic heterocycles. The number of carbonyl (C=O) groups is 2. The highest BCUT2D eigenvalue weighted by Gasteiger charge is 2.37. The van der Waals surface area contributed by atoms with E-state index in [2.05, 4.69) is 0 Å². The summed E-state index contributed by atoms with van der Waals surface area (Å²) in [5.41, 5.74) is 6.86. The molecule has 0 radical (unpaired) electrons. The van der Waals surface area contributed by atoms with Gasteiger partial charge in [0, 0.05) is 6.54 Å². The normalized spacial score (nSPS) is 19.3. The highest BCUT2D eigenvalue weighted by atomic mass is 16.5. The van der Waals surface area contributed by atoms with E-state index in [-0.39, 0.29) is 24.4 Å². The first-order valence-corrected chi connectivity index (χ1v) is 7.77. The Morgan fingerprint density at radius 3 is 2.64 bits per heavy atom. The van der Waals surface area contributed by atoms with Crippen molar-refractivity contribution in [3.63, 3.8) is 0 Å². The fourth-order valence-electron chi connectivity index (χ4n) is 2.58. The summed E-state index contributed by atoms with van der Waals surface area (Å²) in [4.78, 5) is 26.2. The van der Waals surface area contributed by atoms with Crippen molar-refractivity contribution in [2.45, 2.75) is 45.4 Å². The van der Waals surface area contributed by atoms with E-state index in [9.17, 15) is 9.59 Å². The minimum absolute atomic E-state index is 0.0501. The Morgan fingerprint density at radius 2 is 2.00 bits per heavy atom. The Balaban J connectivity index is 1.95. The van der Waals surface area contributed by atoms with Gasteiger partial charge in [-0.2, -0.15) is 0 Å². The lowest BCUT2D eigenvalue weighted by molar-refractivity contribution is -0.155. The van der Waals surface area contributed by atoms with Gasteiger partial charge in [-0.25, -0.2) is 4.79 Å². The van der Waals surface area contributed by atoms with Crippen molar-refractivity contribution in [3.05, 3.63) is 35.9 Å². The number of esters is 1. The predicted octanol–water partition coefficient (Wildman–Crippen LogP) is 1.70. The third-order valence-corrected chi connectivity index (χ3v) is 4.04. The molecule has 5 heteroatoms. The second kappa shape index (κ2) is 7.40. The molecular formula is C17H24N2O3. The standard InChI is InChI=1S/C17H24N2O3/c1-12(2)15(18)16(20)19-10-6-9-14(19)17(21)22-11-13-7-4-3-5-8-13/h3-5,7-8,12,14-15H,6,9-11,18H2,1-2H3/t14-,15?/m0/s1. The van der Waals surface area contributed by atoms with Gasteiger partial charge in [0.2, 0.25) is 5.91 Å². The zero-order valence-corrected chi connectivity index (χ0v) is 13.2. The summed E-state index contributed by atoms with van der Waals surface area (Å²) in [6.45, 7) is 4.61. The van der Waals surface area contributed by atoms with Crippen LogP contribution in [0.2, 0.25) is 0 Å². The van der Waals surface area contributed by atoms with Gasteiger partial charge >= 0.3 is 5.97 Å². The van der Waals surface area contributed by atoms with Crippen LogP contribution in [0.3, 0.4) is 0 Å². The molecule has 1 aromatic rings. The summed E-state index contributed by atoms with van der Waals surface area (Å²) in [5, 5.41) is 0. The van der Waals surface area contributed by atoms with E-state index in [1.807, 2.05) is 44.2 Å². The van der Waals surface area contributed by atoms with Gasteiger partial charge in [0.25, 0.3) is 0 Å². The molecule has 0 spiro atoms. The Hall–Kier alpha value is -1.88. The fourth-order valence-corrected chi connectivity index (χ4v) is 2.58. The van der Waals surface area contributed by atoms with Gasteiger partial charge in [-0.1, -0.05) is 44.2 Å². The predicted molar refractivity (Wildman–Crippen MR) is 83.8 cm³/mol. The van der Waals surface area contributed by atoms with E-state index in [1.165, 1.54) is 0 Å². The number of hydrogen-bond donors (Lipinski definition) is 1. The molecule has 1 fully saturated rings. The zero-order valence-electron chi connectivity index (χ0n) is 13.2. The van der Waals surface area contributed by atoms with Gasteiger partial charge in [0.05, 0.1) is 6.04 Å². The van der Waals surface area contributed by atoms with E-state index in [1.54, 1.807) is 4.90 Å². The molecule has 0 saturated carbocycles. The second-order valence-electron chi connectivity index (χ2n) is 6.05. The Kier molecular flexibility index (Phi) is 5.55. The third-order valence-electron chi connectivity index (χ3n) is 4.04. The molecule has 5 nitrogen and oxygen atoms in total. The molecular weight excluding hydrogens is 280 g/mol. The summed E-state index contributed by atoms with van der Waals surface area (Å²) >= 11 is 0. The van der Waals surface area contributed by atoms with Crippen LogP contribution in [0, 0.1) is 5.92 Å². The van der Waals surface area contributed by atoms with Crippen LogP contribution in [0.25, 0.3) is 0 Å². The highest BCUT2D eigenvalue weighted by Crippen LogP contribution is 2.21. The van der Waals surface area contributed by atoms with Crippen LogP contribution in [-0.4, -0.2) is 35.4 Å². The molecule has 1 aliphatic rings. The molecule has 0 aliphatic carbocycles. The van der Waals surface area contributed by atoms with E-state index >= 15 is 0 Å². The highest BCUT2D eigenvalue weighted by molar-refractivity contribution is 5.88. The Labute approximate surface area is 131 Å². The number of rotatable bonds is 5. The average molecular weight is 304 g/mol. The average Bonchev–Trinajstić information content (AvgIpc) is 3.01. The summed E-state index contributed by atoms with van der Waals surface area (Å²) in [7, 11) is 0. The summed E-state index contributed by atoms with van der Waals surface area (Å²) in [6.07, 6.45) is 1.45. The SMILES string of the molecule is CC(C)C(N)C(=O)N1CCC[C@H]1C(=O)OCc1ccccc1. The van der Waals surface area contributed by atoms with Crippen LogP contribution in [0.5, 0.6) is 0 Å². The Bertz CT molecular complexity index is 516. The molecule has 1 unspecified atom stereocenters. The lowest BCUT2D eigenvalue weighted by Crippen LogP contribution is -2.50. The molecule has 0 bridgehead atoms. The molecule has 1 saturated heterocycles. The molecule has 1 amide bonds. The van der Waals surface area contributed by atoms with Gasteiger partial charge in [-0.15, -0.1) is 0 Å². The number of ether oxygens (including phenoxy) is 1. The quantitative estimate of drug-likeness (QED) is 0.840. The number of amides is 1. The maximum atomic E-state index is 12.4. The topological polar surface area (TPSA) is 72.6 Å². The first kappa shape index (κ1) is 16.5. The van der Waals surface area contributed by atoms with E-state index < -0.39 is 12.1 Å². The van der Waals surface area contributed by atoms with Crippen LogP contribution < -0.4 is 5.73 Å². The molecule has 120 valence electrons. The lowest BCUT2D eigenvalue weighted by atomic mass is 10.0. The number of likely N-dealkylation sites (tertiary alicyclic amines) is 1. The van der Waals surface area contributed by atoms with Gasteiger partial charge in [-0.3, -0.25) is 4.79 Å². The smallest absolute Gasteiger partial charge is 0.329 e. The minimum Gasteiger partial charge on any atom is -0.459 e. The van der Waals surface area contributed by atoms with Crippen LogP contribution in [0.1, 0.15) is 32.3 Å². The molecule has 22 heavy (non-hydrogen) atoms. The van der Waals surface area contributed by atoms with E-state index in [0.29, 0.717) is 13.0 Å². The van der Waals surface area contributed by atoms with E-state index in [0.717, 1.165) is 12.0 Å². The van der Waals surface area contributed by atoms with Gasteiger partial charge in [0.1, 0.15) is 12.6 Å². The van der Waals surface area contributed by atoms with Crippen molar-refractivity contribution in [1.82, 2.24) is 4.90 Å². The number of benzene rings is 1. The number of hydrogen-bond acceptors (Lipinski definition) is 4. The van der Waals surface area contributed by atoms with Gasteiger partial charge < -0.3 is 15.4 Å². The van der Waals surface area contributed by atoms with Crippen molar-refractivity contribution in [1.29, 1.82) is 0 Å². The second-order valence-corrected chi connectivity index (χ2v) is 6.05. The van der Waals surface area contributed by atoms with E-state index in [4.69, 9.17) is 10.5 Å². The van der Waals surface area contributed by atoms with Gasteiger partial charge in [0.15, 0.2) is 0 Å². The fraction of sp³-hybridized carbons (Fsp3) is 0.529. The molecule has 0 aromatic heterocycles. The number of carbonyl (C=O) groups excluding carboxylic acids is 2. The maximum absolute atomic E-state index is 12.4. The van der Waals surface area contributed by atoms with Crippen LogP contribution in [-0.2, 0) is 20.9 Å². The monoisotopic (exact) mass is 304 g/mol. The first-order chi connectivity index (χ1) is 10.5. The maximum Gasteiger partial charge on any atom is 0.329 e. The summed E-state index contributed by atoms with van der Waals surface area (Å²) in [6, 6.07) is 8.45. The number of nitrogens with zero attached hydrogens (tertiary/aromatic N) is 1. The Morgan fingerprint density at radius 1 is 1.32 bits per heavy atom. The van der Waals surface area contributed by atoms with Crippen molar-refractivity contribution in [3.8, 4) is 0 Å². The molecule has 2 atom stereocenters. The van der Waals surface area contributed by atoms with Gasteiger partial charge in [-0.05, 0) is 24.3 Å². The van der Waals surface area contributed by atoms with Crippen molar-refractivity contribution in [2.24, 2.45) is 11.7 Å². The van der Waals surface area contributed by atoms with Crippen molar-refractivity contribution >= 4 is 11.9 Å². The molecule has 1 aromatic carbocycles. The van der Waals surface area contributed by atoms with Crippen LogP contribution >= 0.6 is 0 Å². The number of nitrogens with two attached hydrogens (primary N) is 1. The zero-order chi connectivity index (χ0) is 16.1. The van der Waals surface area contributed by atoms with Crippen LogP contribution in [0.4, 0.5) is 0 Å². The lowest BCUT2D eigenvalue weighted by Gasteiger charge is -2.27. The summed E-state index contributed by atoms with van der Waals surface area (Å²) in [5.74, 6) is -0.450. The molecule has 2 rings (SSSR count). The minimum atomic E-state index is -0.567. The van der Waals surface area contributed by atoms with Crippen LogP contribution in [0.15, 0.2) is 30.3 Å². The molecule has 2 N–H and O–H groups in total. The molecule has 1 heterocycles. The summed E-state index contributed by atoms with van der Waals surface area (Å²) < 4.78 is 5.36. The van der Waals surface area contributed by atoms with Crippen molar-refractivity contribution in [2.75, 3.05) is 6.54 Å². The first-order valence-electron chi connectivity index (χ1n) is 7.77. The third kappa shape index (κ3) is 3.85.